The van der Waals surface area contributed by atoms with Crippen molar-refractivity contribution in [2.24, 2.45) is 0 Å². The lowest BCUT2D eigenvalue weighted by atomic mass is 10.2. The summed E-state index contributed by atoms with van der Waals surface area (Å²) in [6.45, 7) is 8.63. The molecular weight excluding hydrogens is 180 g/mol. The van der Waals surface area contributed by atoms with E-state index in [1.807, 2.05) is 0 Å². The number of aryl methyl sites for hydroxylation is 1. The van der Waals surface area contributed by atoms with Crippen LogP contribution in [0.4, 0.5) is 16.2 Å². The van der Waals surface area contributed by atoms with Crippen LogP contribution in [-0.4, -0.2) is 18.2 Å². The van der Waals surface area contributed by atoms with E-state index >= 15 is 0 Å². The van der Waals surface area contributed by atoms with Gasteiger partial charge in [0.2, 0.25) is 0 Å². The molecule has 1 amide bonds. The molecule has 0 unspecified atom stereocenters. The predicted molar refractivity (Wildman–Crippen MR) is 53.9 cm³/mol. The van der Waals surface area contributed by atoms with Gasteiger partial charge in [-0.1, -0.05) is 6.07 Å². The quantitative estimate of drug-likeness (QED) is 0.692. The maximum atomic E-state index is 10.6. The Labute approximate surface area is 82.2 Å². The summed E-state index contributed by atoms with van der Waals surface area (Å²) in [7, 11) is 1.47. The molecule has 1 aromatic rings. The number of rotatable bonds is 1. The zero-order chi connectivity index (χ0) is 10.7. The third-order valence-corrected chi connectivity index (χ3v) is 1.98. The van der Waals surface area contributed by atoms with Crippen molar-refractivity contribution in [1.29, 1.82) is 0 Å². The summed E-state index contributed by atoms with van der Waals surface area (Å²) in [4.78, 5) is 15.0. The van der Waals surface area contributed by atoms with Gasteiger partial charge >= 0.3 is 6.09 Å². The summed E-state index contributed by atoms with van der Waals surface area (Å²) in [5.74, 6) is 0. The van der Waals surface area contributed by atoms with Crippen molar-refractivity contribution in [2.75, 3.05) is 11.9 Å². The summed E-state index contributed by atoms with van der Waals surface area (Å²) < 4.78 is 0. The molecule has 0 atom stereocenters. The third-order valence-electron chi connectivity index (χ3n) is 1.98. The second-order valence-electron chi connectivity index (χ2n) is 2.92. The fourth-order valence-corrected chi connectivity index (χ4v) is 1.08. The number of hydrogen-bond acceptors (Lipinski definition) is 1. The van der Waals surface area contributed by atoms with Crippen molar-refractivity contribution < 1.29 is 9.90 Å². The first-order valence-electron chi connectivity index (χ1n) is 4.01. The van der Waals surface area contributed by atoms with Crippen LogP contribution in [0.15, 0.2) is 18.2 Å². The van der Waals surface area contributed by atoms with Crippen molar-refractivity contribution in [2.45, 2.75) is 6.92 Å². The number of anilines is 1. The molecule has 4 nitrogen and oxygen atoms in total. The molecule has 1 aromatic carbocycles. The van der Waals surface area contributed by atoms with Crippen molar-refractivity contribution in [1.82, 2.24) is 0 Å². The van der Waals surface area contributed by atoms with E-state index in [0.29, 0.717) is 11.4 Å². The molecule has 0 spiro atoms. The summed E-state index contributed by atoms with van der Waals surface area (Å²) in [6.07, 6.45) is -1.01. The number of benzene rings is 1. The van der Waals surface area contributed by atoms with Crippen molar-refractivity contribution in [3.63, 3.8) is 0 Å². The Hall–Kier alpha value is -2.02. The van der Waals surface area contributed by atoms with Crippen LogP contribution in [0.1, 0.15) is 5.56 Å². The van der Waals surface area contributed by atoms with Gasteiger partial charge in [-0.3, -0.25) is 4.90 Å². The zero-order valence-electron chi connectivity index (χ0n) is 7.98. The van der Waals surface area contributed by atoms with E-state index in [1.54, 1.807) is 25.1 Å². The van der Waals surface area contributed by atoms with E-state index in [9.17, 15) is 4.79 Å². The highest BCUT2D eigenvalue weighted by molar-refractivity contribution is 5.86. The topological polar surface area (TPSA) is 44.9 Å². The second kappa shape index (κ2) is 3.79. The first kappa shape index (κ1) is 10.1. The number of hydrogen-bond donors (Lipinski definition) is 1. The van der Waals surface area contributed by atoms with Crippen LogP contribution in [0, 0.1) is 13.5 Å². The van der Waals surface area contributed by atoms with Crippen LogP contribution >= 0.6 is 0 Å². The van der Waals surface area contributed by atoms with Crippen molar-refractivity contribution in [3.8, 4) is 0 Å². The molecule has 0 aliphatic carbocycles. The first-order valence-corrected chi connectivity index (χ1v) is 4.01. The van der Waals surface area contributed by atoms with Crippen LogP contribution in [0.2, 0.25) is 0 Å². The molecule has 0 fully saturated rings. The molecule has 0 aliphatic heterocycles. The first-order chi connectivity index (χ1) is 6.56. The highest BCUT2D eigenvalue weighted by atomic mass is 16.4. The van der Waals surface area contributed by atoms with Crippen LogP contribution < -0.4 is 4.90 Å². The van der Waals surface area contributed by atoms with E-state index in [2.05, 4.69) is 4.85 Å². The lowest BCUT2D eigenvalue weighted by molar-refractivity contribution is 0.203. The Bertz CT molecular complexity index is 407. The molecule has 4 heteroatoms. The van der Waals surface area contributed by atoms with E-state index in [0.717, 1.165) is 10.5 Å². The van der Waals surface area contributed by atoms with Gasteiger partial charge in [0.1, 0.15) is 0 Å². The Balaban J connectivity index is 3.10. The minimum atomic E-state index is -1.01. The van der Waals surface area contributed by atoms with Gasteiger partial charge < -0.3 is 5.11 Å². The van der Waals surface area contributed by atoms with Gasteiger partial charge in [0.15, 0.2) is 5.69 Å². The summed E-state index contributed by atoms with van der Waals surface area (Å²) >= 11 is 0. The van der Waals surface area contributed by atoms with Gasteiger partial charge in [-0.25, -0.2) is 9.64 Å². The minimum absolute atomic E-state index is 0.549. The van der Waals surface area contributed by atoms with Gasteiger partial charge in [-0.2, -0.15) is 0 Å². The van der Waals surface area contributed by atoms with Gasteiger partial charge in [0.05, 0.1) is 6.57 Å². The lowest BCUT2D eigenvalue weighted by Gasteiger charge is -2.13. The molecule has 0 aliphatic rings. The lowest BCUT2D eigenvalue weighted by Crippen LogP contribution is -2.23. The number of carboxylic acid groups (broad SMARTS) is 1. The summed E-state index contributed by atoms with van der Waals surface area (Å²) in [5, 5.41) is 8.72. The van der Waals surface area contributed by atoms with E-state index < -0.39 is 6.09 Å². The third kappa shape index (κ3) is 1.83. The number of amides is 1. The van der Waals surface area contributed by atoms with Crippen LogP contribution in [0.25, 0.3) is 4.85 Å². The fraction of sp³-hybridized carbons (Fsp3) is 0.200. The van der Waals surface area contributed by atoms with Crippen molar-refractivity contribution >= 4 is 17.5 Å². The summed E-state index contributed by atoms with van der Waals surface area (Å²) in [6, 6.07) is 4.92. The smallest absolute Gasteiger partial charge is 0.411 e. The molecule has 0 radical (unpaired) electrons. The largest absolute Gasteiger partial charge is 0.465 e. The molecule has 0 bridgehead atoms. The predicted octanol–water partition coefficient (Wildman–Crippen LogP) is 2.66. The van der Waals surface area contributed by atoms with Crippen LogP contribution in [-0.2, 0) is 0 Å². The Morgan fingerprint density at radius 3 is 2.64 bits per heavy atom. The SMILES string of the molecule is [C-]#[N+]c1ccc(N(C)C(=O)O)cc1C. The maximum Gasteiger partial charge on any atom is 0.411 e. The van der Waals surface area contributed by atoms with E-state index in [4.69, 9.17) is 11.7 Å². The van der Waals surface area contributed by atoms with Gasteiger partial charge in [0, 0.05) is 12.7 Å². The van der Waals surface area contributed by atoms with Gasteiger partial charge in [-0.05, 0) is 24.6 Å². The van der Waals surface area contributed by atoms with Gasteiger partial charge in [0.25, 0.3) is 0 Å². The molecule has 72 valence electrons. The number of nitrogens with zero attached hydrogens (tertiary/aromatic N) is 2. The van der Waals surface area contributed by atoms with Crippen molar-refractivity contribution in [3.05, 3.63) is 35.2 Å². The van der Waals surface area contributed by atoms with Crippen LogP contribution in [0.3, 0.4) is 0 Å². The fourth-order valence-electron chi connectivity index (χ4n) is 1.08. The monoisotopic (exact) mass is 190 g/mol. The average molecular weight is 190 g/mol. The Morgan fingerprint density at radius 2 is 2.21 bits per heavy atom. The Morgan fingerprint density at radius 1 is 1.57 bits per heavy atom. The maximum absolute atomic E-state index is 10.6. The molecule has 1 N–H and O–H groups in total. The molecule has 0 heterocycles. The standard InChI is InChI=1S/C10H10N2O2/c1-7-6-8(12(3)10(13)14)4-5-9(7)11-2/h4-6H,1,3H3,(H,13,14). The van der Waals surface area contributed by atoms with E-state index in [-0.39, 0.29) is 0 Å². The molecular formula is C10H10N2O2. The molecule has 1 rings (SSSR count). The highest BCUT2D eigenvalue weighted by Crippen LogP contribution is 2.23. The minimum Gasteiger partial charge on any atom is -0.465 e. The van der Waals surface area contributed by atoms with Gasteiger partial charge in [-0.15, -0.1) is 0 Å². The van der Waals surface area contributed by atoms with E-state index in [1.165, 1.54) is 7.05 Å². The second-order valence-corrected chi connectivity index (χ2v) is 2.92. The zero-order valence-corrected chi connectivity index (χ0v) is 7.98. The molecule has 0 saturated carbocycles. The number of carbonyl (C=O) groups is 1. The molecule has 14 heavy (non-hydrogen) atoms. The molecule has 0 saturated heterocycles. The Kier molecular flexibility index (Phi) is 2.73. The normalized spacial score (nSPS) is 9.21. The van der Waals surface area contributed by atoms with Crippen LogP contribution in [0.5, 0.6) is 0 Å². The average Bonchev–Trinajstić information content (AvgIpc) is 2.16. The highest BCUT2D eigenvalue weighted by Gasteiger charge is 2.09. The molecule has 0 aromatic heterocycles. The summed E-state index contributed by atoms with van der Waals surface area (Å²) in [5.41, 5.74) is 1.90.